The molecule has 2 aliphatic rings. The number of carbonyl (C=O) groups excluding carboxylic acids is 1. The lowest BCUT2D eigenvalue weighted by Crippen LogP contribution is -2.62. The van der Waals surface area contributed by atoms with Gasteiger partial charge in [0.1, 0.15) is 11.6 Å². The number of fused-ring (bicyclic) bond motifs is 2. The molecule has 2 amide bonds. The third-order valence-electron chi connectivity index (χ3n) is 5.37. The van der Waals surface area contributed by atoms with Gasteiger partial charge in [0, 0.05) is 19.6 Å². The van der Waals surface area contributed by atoms with Gasteiger partial charge in [0.15, 0.2) is 0 Å². The van der Waals surface area contributed by atoms with Gasteiger partial charge in [-0.2, -0.15) is 4.31 Å². The van der Waals surface area contributed by atoms with Gasteiger partial charge in [-0.3, -0.25) is 0 Å². The largest absolute Gasteiger partial charge is 0.497 e. The second-order valence-electron chi connectivity index (χ2n) is 7.57. The van der Waals surface area contributed by atoms with Crippen molar-refractivity contribution in [1.82, 2.24) is 14.5 Å². The molecule has 0 aliphatic carbocycles. The van der Waals surface area contributed by atoms with Crippen molar-refractivity contribution in [3.05, 3.63) is 59.9 Å². The van der Waals surface area contributed by atoms with Crippen LogP contribution in [-0.2, 0) is 21.3 Å². The predicted molar refractivity (Wildman–Crippen MR) is 111 cm³/mol. The third-order valence-corrected chi connectivity index (χ3v) is 7.20. The molecule has 166 valence electrons. The molecule has 8 nitrogen and oxygen atoms in total. The highest BCUT2D eigenvalue weighted by Gasteiger charge is 2.41. The molecule has 0 radical (unpaired) electrons. The van der Waals surface area contributed by atoms with E-state index in [0.717, 1.165) is 17.4 Å². The van der Waals surface area contributed by atoms with E-state index in [4.69, 9.17) is 9.47 Å². The Morgan fingerprint density at radius 1 is 1.13 bits per heavy atom. The van der Waals surface area contributed by atoms with E-state index in [1.54, 1.807) is 12.0 Å². The first-order valence-corrected chi connectivity index (χ1v) is 11.4. The summed E-state index contributed by atoms with van der Waals surface area (Å²) in [5.74, 6) is 0.142. The molecule has 2 aliphatic heterocycles. The van der Waals surface area contributed by atoms with Crippen LogP contribution in [0.4, 0.5) is 9.18 Å². The summed E-state index contributed by atoms with van der Waals surface area (Å²) < 4.78 is 51.6. The van der Waals surface area contributed by atoms with Crippen LogP contribution >= 0.6 is 0 Å². The van der Waals surface area contributed by atoms with Crippen molar-refractivity contribution in [2.75, 3.05) is 33.3 Å². The minimum absolute atomic E-state index is 0.0819. The number of nitrogens with one attached hydrogen (secondary N) is 1. The highest BCUT2D eigenvalue weighted by Crippen LogP contribution is 2.25. The summed E-state index contributed by atoms with van der Waals surface area (Å²) in [7, 11) is -2.24. The van der Waals surface area contributed by atoms with E-state index in [-0.39, 0.29) is 37.1 Å². The number of sulfonamides is 1. The summed E-state index contributed by atoms with van der Waals surface area (Å²) in [4.78, 5) is 14.2. The average Bonchev–Trinajstić information content (AvgIpc) is 2.77. The molecule has 2 aromatic rings. The summed E-state index contributed by atoms with van der Waals surface area (Å²) in [6.07, 6.45) is -0.884. The molecular weight excluding hydrogens is 425 g/mol. The SMILES string of the molecule is COc1ccc(CNC(=O)N2C[C@@H]3CN(S(=O)(=O)c4cccc(F)c4)C[C@H](C2)O3)cc1. The average molecular weight is 450 g/mol. The molecular formula is C21H24FN3O5S. The van der Waals surface area contributed by atoms with Gasteiger partial charge in [0.25, 0.3) is 0 Å². The van der Waals surface area contributed by atoms with Crippen LogP contribution in [0.2, 0.25) is 0 Å². The summed E-state index contributed by atoms with van der Waals surface area (Å²) in [5, 5.41) is 2.89. The number of amides is 2. The minimum Gasteiger partial charge on any atom is -0.497 e. The molecule has 1 N–H and O–H groups in total. The molecule has 2 heterocycles. The molecule has 2 aromatic carbocycles. The number of urea groups is 1. The Morgan fingerprint density at radius 2 is 1.81 bits per heavy atom. The lowest BCUT2D eigenvalue weighted by atomic mass is 10.1. The Hall–Kier alpha value is -2.69. The molecule has 4 rings (SSSR count). The number of morpholine rings is 2. The maximum Gasteiger partial charge on any atom is 0.317 e. The molecule has 2 fully saturated rings. The van der Waals surface area contributed by atoms with Crippen molar-refractivity contribution < 1.29 is 27.1 Å². The van der Waals surface area contributed by atoms with E-state index in [2.05, 4.69) is 5.32 Å². The Morgan fingerprint density at radius 3 is 2.42 bits per heavy atom. The Kier molecular flexibility index (Phi) is 6.12. The van der Waals surface area contributed by atoms with Gasteiger partial charge in [-0.15, -0.1) is 0 Å². The number of halogens is 1. The smallest absolute Gasteiger partial charge is 0.317 e. The zero-order valence-corrected chi connectivity index (χ0v) is 17.8. The van der Waals surface area contributed by atoms with Crippen LogP contribution in [-0.4, -0.2) is 69.2 Å². The van der Waals surface area contributed by atoms with Gasteiger partial charge in [-0.25, -0.2) is 17.6 Å². The van der Waals surface area contributed by atoms with Crippen molar-refractivity contribution in [2.45, 2.75) is 23.6 Å². The number of hydrogen-bond donors (Lipinski definition) is 1. The zero-order chi connectivity index (χ0) is 22.0. The van der Waals surface area contributed by atoms with Gasteiger partial charge in [-0.1, -0.05) is 18.2 Å². The monoisotopic (exact) mass is 449 g/mol. The topological polar surface area (TPSA) is 88.2 Å². The molecule has 0 unspecified atom stereocenters. The fourth-order valence-electron chi connectivity index (χ4n) is 3.83. The number of ether oxygens (including phenoxy) is 2. The van der Waals surface area contributed by atoms with Gasteiger partial charge >= 0.3 is 6.03 Å². The van der Waals surface area contributed by atoms with E-state index in [1.807, 2.05) is 24.3 Å². The van der Waals surface area contributed by atoms with Crippen LogP contribution in [0.5, 0.6) is 5.75 Å². The summed E-state index contributed by atoms with van der Waals surface area (Å²) >= 11 is 0. The lowest BCUT2D eigenvalue weighted by Gasteiger charge is -2.45. The first-order valence-electron chi connectivity index (χ1n) is 9.92. The molecule has 0 spiro atoms. The van der Waals surface area contributed by atoms with Crippen LogP contribution in [0.15, 0.2) is 53.4 Å². The normalized spacial score (nSPS) is 21.5. The second kappa shape index (κ2) is 8.81. The fraction of sp³-hybridized carbons (Fsp3) is 0.381. The highest BCUT2D eigenvalue weighted by molar-refractivity contribution is 7.89. The molecule has 0 saturated carbocycles. The first-order chi connectivity index (χ1) is 14.8. The number of methoxy groups -OCH3 is 1. The van der Waals surface area contributed by atoms with Crippen molar-refractivity contribution in [2.24, 2.45) is 0 Å². The summed E-state index contributed by atoms with van der Waals surface area (Å²) in [5.41, 5.74) is 0.940. The maximum absolute atomic E-state index is 13.5. The van der Waals surface area contributed by atoms with Gasteiger partial charge in [0.05, 0.1) is 37.3 Å². The molecule has 10 heteroatoms. The number of rotatable bonds is 5. The van der Waals surface area contributed by atoms with Crippen molar-refractivity contribution in [3.63, 3.8) is 0 Å². The first kappa shape index (κ1) is 21.5. The van der Waals surface area contributed by atoms with E-state index >= 15 is 0 Å². The predicted octanol–water partition coefficient (Wildman–Crippen LogP) is 1.82. The summed E-state index contributed by atoms with van der Waals surface area (Å²) in [6.45, 7) is 1.14. The number of nitrogens with zero attached hydrogens (tertiary/aromatic N) is 2. The fourth-order valence-corrected chi connectivity index (χ4v) is 5.36. The summed E-state index contributed by atoms with van der Waals surface area (Å²) in [6, 6.07) is 12.2. The van der Waals surface area contributed by atoms with Crippen LogP contribution in [0, 0.1) is 5.82 Å². The molecule has 2 bridgehead atoms. The van der Waals surface area contributed by atoms with Crippen molar-refractivity contribution in [3.8, 4) is 5.75 Å². The van der Waals surface area contributed by atoms with Crippen LogP contribution in [0.3, 0.4) is 0 Å². The van der Waals surface area contributed by atoms with Crippen LogP contribution in [0.25, 0.3) is 0 Å². The standard InChI is InChI=1S/C21H24FN3O5S/c1-29-17-7-5-15(6-8-17)10-23-21(26)24-11-18-13-25(14-19(12-24)30-18)31(27,28)20-4-2-3-16(22)9-20/h2-9,18-19H,10-14H2,1H3,(H,23,26)/t18-,19+. The highest BCUT2D eigenvalue weighted by atomic mass is 32.2. The molecule has 31 heavy (non-hydrogen) atoms. The minimum atomic E-state index is -3.83. The number of benzene rings is 2. The van der Waals surface area contributed by atoms with Gasteiger partial charge < -0.3 is 19.7 Å². The molecule has 2 atom stereocenters. The van der Waals surface area contributed by atoms with E-state index in [1.165, 1.54) is 22.5 Å². The maximum atomic E-state index is 13.5. The van der Waals surface area contributed by atoms with Crippen LogP contribution < -0.4 is 10.1 Å². The van der Waals surface area contributed by atoms with Crippen molar-refractivity contribution >= 4 is 16.1 Å². The van der Waals surface area contributed by atoms with Gasteiger partial charge in [-0.05, 0) is 35.9 Å². The Bertz CT molecular complexity index is 1030. The molecule has 0 aromatic heterocycles. The second-order valence-corrected chi connectivity index (χ2v) is 9.51. The lowest BCUT2D eigenvalue weighted by molar-refractivity contribution is -0.111. The quantitative estimate of drug-likeness (QED) is 0.752. The van der Waals surface area contributed by atoms with E-state index in [0.29, 0.717) is 6.54 Å². The van der Waals surface area contributed by atoms with E-state index < -0.39 is 28.0 Å². The molecule has 2 saturated heterocycles. The van der Waals surface area contributed by atoms with E-state index in [9.17, 15) is 17.6 Å². The third kappa shape index (κ3) is 4.81. The van der Waals surface area contributed by atoms with Crippen LogP contribution in [0.1, 0.15) is 5.56 Å². The number of carbonyl (C=O) groups is 1. The Labute approximate surface area is 180 Å². The van der Waals surface area contributed by atoms with Gasteiger partial charge in [0.2, 0.25) is 10.0 Å². The Balaban J connectivity index is 1.36. The number of hydrogen-bond acceptors (Lipinski definition) is 5. The zero-order valence-electron chi connectivity index (χ0n) is 17.0. The van der Waals surface area contributed by atoms with Crippen molar-refractivity contribution in [1.29, 1.82) is 0 Å².